The Balaban J connectivity index is 1.92. The van der Waals surface area contributed by atoms with Crippen molar-refractivity contribution in [2.75, 3.05) is 13.2 Å². The molecule has 2 aromatic rings. The molecule has 0 spiro atoms. The smallest absolute Gasteiger partial charge is 0.161 e. The molecule has 0 saturated carbocycles. The van der Waals surface area contributed by atoms with Crippen LogP contribution in [0, 0.1) is 0 Å². The summed E-state index contributed by atoms with van der Waals surface area (Å²) in [4.78, 5) is 0. The number of aryl methyl sites for hydroxylation is 1. The Bertz CT molecular complexity index is 597. The number of hydrazine groups is 1. The number of nitrogens with zero attached hydrogens (tertiary/aromatic N) is 2. The highest BCUT2D eigenvalue weighted by atomic mass is 16.6. The molecule has 106 valence electrons. The highest BCUT2D eigenvalue weighted by molar-refractivity contribution is 5.46. The van der Waals surface area contributed by atoms with Crippen LogP contribution in [0.4, 0.5) is 0 Å². The average molecular weight is 274 g/mol. The molecule has 0 fully saturated rings. The minimum atomic E-state index is -0.119. The van der Waals surface area contributed by atoms with E-state index in [1.165, 1.54) is 0 Å². The first-order chi connectivity index (χ1) is 9.81. The molecule has 1 atom stereocenters. The van der Waals surface area contributed by atoms with Crippen LogP contribution in [0.1, 0.15) is 24.1 Å². The fourth-order valence-electron chi connectivity index (χ4n) is 2.33. The van der Waals surface area contributed by atoms with Gasteiger partial charge < -0.3 is 9.47 Å². The van der Waals surface area contributed by atoms with E-state index in [4.69, 9.17) is 15.3 Å². The van der Waals surface area contributed by atoms with E-state index >= 15 is 0 Å². The van der Waals surface area contributed by atoms with Crippen molar-refractivity contribution in [3.8, 4) is 11.5 Å². The summed E-state index contributed by atoms with van der Waals surface area (Å²) in [5, 5.41) is 4.28. The van der Waals surface area contributed by atoms with E-state index in [1.807, 2.05) is 42.2 Å². The first kappa shape index (κ1) is 13.0. The normalized spacial score (nSPS) is 15.1. The summed E-state index contributed by atoms with van der Waals surface area (Å²) in [6.45, 7) is 4.04. The number of hydrogen-bond acceptors (Lipinski definition) is 5. The van der Waals surface area contributed by atoms with E-state index in [1.54, 1.807) is 0 Å². The van der Waals surface area contributed by atoms with E-state index in [0.29, 0.717) is 13.2 Å². The summed E-state index contributed by atoms with van der Waals surface area (Å²) in [6, 6.07) is 5.74. The third kappa shape index (κ3) is 2.35. The molecule has 3 rings (SSSR count). The second-order valence-corrected chi connectivity index (χ2v) is 4.63. The Morgan fingerprint density at radius 1 is 1.30 bits per heavy atom. The summed E-state index contributed by atoms with van der Waals surface area (Å²) < 4.78 is 13.0. The Hall–Kier alpha value is -2.05. The van der Waals surface area contributed by atoms with Crippen molar-refractivity contribution in [1.82, 2.24) is 15.2 Å². The van der Waals surface area contributed by atoms with Crippen LogP contribution in [-0.4, -0.2) is 23.0 Å². The van der Waals surface area contributed by atoms with Crippen LogP contribution in [0.3, 0.4) is 0 Å². The molecule has 0 aliphatic carbocycles. The molecule has 0 bridgehead atoms. The summed E-state index contributed by atoms with van der Waals surface area (Å²) in [6.07, 6.45) is 3.81. The second kappa shape index (κ2) is 5.52. The first-order valence-electron chi connectivity index (χ1n) is 6.70. The van der Waals surface area contributed by atoms with E-state index in [2.05, 4.69) is 10.5 Å². The maximum absolute atomic E-state index is 5.70. The Kier molecular flexibility index (Phi) is 3.58. The van der Waals surface area contributed by atoms with Crippen LogP contribution < -0.4 is 20.7 Å². The number of ether oxygens (including phenoxy) is 2. The van der Waals surface area contributed by atoms with Crippen LogP contribution in [0.5, 0.6) is 11.5 Å². The highest BCUT2D eigenvalue weighted by Crippen LogP contribution is 2.33. The van der Waals surface area contributed by atoms with Gasteiger partial charge in [-0.25, -0.2) is 5.43 Å². The van der Waals surface area contributed by atoms with Crippen molar-refractivity contribution in [1.29, 1.82) is 0 Å². The predicted octanol–water partition coefficient (Wildman–Crippen LogP) is 1.23. The van der Waals surface area contributed by atoms with Gasteiger partial charge in [-0.15, -0.1) is 0 Å². The molecule has 0 saturated heterocycles. The van der Waals surface area contributed by atoms with Crippen LogP contribution in [-0.2, 0) is 6.54 Å². The van der Waals surface area contributed by atoms with Crippen molar-refractivity contribution < 1.29 is 9.47 Å². The van der Waals surface area contributed by atoms with Crippen LogP contribution in [0.15, 0.2) is 30.6 Å². The van der Waals surface area contributed by atoms with Gasteiger partial charge in [-0.1, -0.05) is 6.07 Å². The van der Waals surface area contributed by atoms with Crippen molar-refractivity contribution >= 4 is 0 Å². The number of fused-ring (bicyclic) bond motifs is 1. The van der Waals surface area contributed by atoms with Gasteiger partial charge in [0.25, 0.3) is 0 Å². The lowest BCUT2D eigenvalue weighted by Gasteiger charge is -2.21. The number of hydrogen-bond donors (Lipinski definition) is 2. The van der Waals surface area contributed by atoms with Gasteiger partial charge in [0.2, 0.25) is 0 Å². The maximum Gasteiger partial charge on any atom is 0.161 e. The molecular weight excluding hydrogens is 256 g/mol. The molecule has 1 aromatic carbocycles. The lowest BCUT2D eigenvalue weighted by Crippen LogP contribution is -2.28. The monoisotopic (exact) mass is 274 g/mol. The predicted molar refractivity (Wildman–Crippen MR) is 74.5 cm³/mol. The molecule has 1 unspecified atom stereocenters. The summed E-state index contributed by atoms with van der Waals surface area (Å²) in [5.74, 6) is 7.24. The first-order valence-corrected chi connectivity index (χ1v) is 6.70. The molecule has 6 nitrogen and oxygen atoms in total. The maximum atomic E-state index is 5.70. The van der Waals surface area contributed by atoms with E-state index in [-0.39, 0.29) is 6.04 Å². The minimum Gasteiger partial charge on any atom is -0.486 e. The fourth-order valence-corrected chi connectivity index (χ4v) is 2.33. The average Bonchev–Trinajstić information content (AvgIpc) is 2.97. The largest absolute Gasteiger partial charge is 0.486 e. The SMILES string of the molecule is CCn1cc(C(NN)c2ccc3c(c2)OCCO3)cn1. The zero-order valence-electron chi connectivity index (χ0n) is 11.4. The zero-order chi connectivity index (χ0) is 13.9. The molecular formula is C14H18N4O2. The van der Waals surface area contributed by atoms with Gasteiger partial charge in [-0.3, -0.25) is 10.5 Å². The number of nitrogens with one attached hydrogen (secondary N) is 1. The number of rotatable bonds is 4. The van der Waals surface area contributed by atoms with Gasteiger partial charge in [-0.2, -0.15) is 5.10 Å². The third-order valence-electron chi connectivity index (χ3n) is 3.38. The lowest BCUT2D eigenvalue weighted by atomic mass is 10.0. The molecule has 1 aliphatic rings. The number of aromatic nitrogens is 2. The van der Waals surface area contributed by atoms with Crippen LogP contribution >= 0.6 is 0 Å². The lowest BCUT2D eigenvalue weighted by molar-refractivity contribution is 0.171. The summed E-state index contributed by atoms with van der Waals surface area (Å²) in [5.41, 5.74) is 4.87. The van der Waals surface area contributed by atoms with Gasteiger partial charge in [0.1, 0.15) is 13.2 Å². The van der Waals surface area contributed by atoms with Gasteiger partial charge in [0.05, 0.1) is 12.2 Å². The number of benzene rings is 1. The molecule has 1 aliphatic heterocycles. The van der Waals surface area contributed by atoms with Crippen molar-refractivity contribution in [3.63, 3.8) is 0 Å². The highest BCUT2D eigenvalue weighted by Gasteiger charge is 2.18. The van der Waals surface area contributed by atoms with Crippen molar-refractivity contribution in [3.05, 3.63) is 41.7 Å². The topological polar surface area (TPSA) is 74.3 Å². The summed E-state index contributed by atoms with van der Waals surface area (Å²) >= 11 is 0. The van der Waals surface area contributed by atoms with Gasteiger partial charge in [-0.05, 0) is 24.6 Å². The van der Waals surface area contributed by atoms with E-state index < -0.39 is 0 Å². The van der Waals surface area contributed by atoms with Crippen molar-refractivity contribution in [2.24, 2.45) is 5.84 Å². The molecule has 20 heavy (non-hydrogen) atoms. The Morgan fingerprint density at radius 3 is 2.80 bits per heavy atom. The second-order valence-electron chi connectivity index (χ2n) is 4.63. The quantitative estimate of drug-likeness (QED) is 0.648. The molecule has 0 radical (unpaired) electrons. The zero-order valence-corrected chi connectivity index (χ0v) is 11.4. The van der Waals surface area contributed by atoms with Gasteiger partial charge in [0.15, 0.2) is 11.5 Å². The van der Waals surface area contributed by atoms with Crippen molar-refractivity contribution in [2.45, 2.75) is 19.5 Å². The standard InChI is InChI=1S/C14H18N4O2/c1-2-18-9-11(8-16-18)14(17-15)10-3-4-12-13(7-10)20-6-5-19-12/h3-4,7-9,14,17H,2,5-6,15H2,1H3. The number of nitrogens with two attached hydrogens (primary N) is 1. The molecule has 1 aromatic heterocycles. The molecule has 3 N–H and O–H groups in total. The van der Waals surface area contributed by atoms with Gasteiger partial charge >= 0.3 is 0 Å². The Morgan fingerprint density at radius 2 is 2.10 bits per heavy atom. The van der Waals surface area contributed by atoms with Crippen LogP contribution in [0.25, 0.3) is 0 Å². The van der Waals surface area contributed by atoms with Gasteiger partial charge in [0, 0.05) is 18.3 Å². The molecule has 0 amide bonds. The minimum absolute atomic E-state index is 0.119. The summed E-state index contributed by atoms with van der Waals surface area (Å²) in [7, 11) is 0. The Labute approximate surface area is 117 Å². The fraction of sp³-hybridized carbons (Fsp3) is 0.357. The molecule has 2 heterocycles. The third-order valence-corrected chi connectivity index (χ3v) is 3.38. The molecule has 6 heteroatoms. The van der Waals surface area contributed by atoms with E-state index in [9.17, 15) is 0 Å². The van der Waals surface area contributed by atoms with E-state index in [0.717, 1.165) is 29.2 Å². The van der Waals surface area contributed by atoms with Crippen LogP contribution in [0.2, 0.25) is 0 Å².